The first-order valence-corrected chi connectivity index (χ1v) is 24.8. The fraction of sp³-hybridized carbons (Fsp3) is 0.0286. The summed E-state index contributed by atoms with van der Waals surface area (Å²) in [5, 5.41) is 5.07. The predicted molar refractivity (Wildman–Crippen MR) is 295 cm³/mol. The molecule has 0 bridgehead atoms. The van der Waals surface area contributed by atoms with E-state index in [-0.39, 0.29) is 0 Å². The third-order valence-electron chi connectivity index (χ3n) is 16.1. The van der Waals surface area contributed by atoms with E-state index in [1.807, 2.05) is 0 Å². The van der Waals surface area contributed by atoms with Gasteiger partial charge in [0.25, 0.3) is 0 Å². The minimum absolute atomic E-state index is 0.535. The summed E-state index contributed by atoms with van der Waals surface area (Å²) in [4.78, 5) is 2.50. The fourth-order valence-corrected chi connectivity index (χ4v) is 13.4. The Labute approximate surface area is 414 Å². The second kappa shape index (κ2) is 15.2. The van der Waals surface area contributed by atoms with Crippen LogP contribution in [0.1, 0.15) is 44.5 Å². The molecule has 3 aliphatic carbocycles. The lowest BCUT2D eigenvalue weighted by atomic mass is 9.60. The molecule has 12 aromatic carbocycles. The molecule has 0 saturated heterocycles. The Balaban J connectivity index is 1.03. The van der Waals surface area contributed by atoms with Gasteiger partial charge in [-0.2, -0.15) is 0 Å². The summed E-state index contributed by atoms with van der Waals surface area (Å²) in [6, 6.07) is 103. The largest absolute Gasteiger partial charge is 0.310 e. The fourth-order valence-electron chi connectivity index (χ4n) is 13.4. The quantitative estimate of drug-likeness (QED) is 0.161. The van der Waals surface area contributed by atoms with E-state index in [9.17, 15) is 0 Å². The first-order chi connectivity index (χ1) is 35.2. The summed E-state index contributed by atoms with van der Waals surface area (Å²) in [7, 11) is 0. The molecular weight excluding hydrogens is 855 g/mol. The van der Waals surface area contributed by atoms with Crippen molar-refractivity contribution >= 4 is 38.6 Å². The van der Waals surface area contributed by atoms with Gasteiger partial charge in [0.15, 0.2) is 0 Å². The molecule has 1 nitrogen and oxygen atoms in total. The van der Waals surface area contributed by atoms with Crippen LogP contribution < -0.4 is 4.90 Å². The topological polar surface area (TPSA) is 3.24 Å². The molecule has 0 radical (unpaired) electrons. The SMILES string of the molecule is c1ccc(N(c2ccc3c(c2)C(c2ccccc2)(c2ccccc2)c2ccccc2-3)c2ccc3c(c2)C2(c4ccccc4-3)c3ccccc3-c3cccc4ccc(-c5cccc6ccccc56)c2c34)cc1. The summed E-state index contributed by atoms with van der Waals surface area (Å²) >= 11 is 0. The Kier molecular flexibility index (Phi) is 8.56. The molecule has 0 aliphatic heterocycles. The lowest BCUT2D eigenvalue weighted by molar-refractivity contribution is 0.768. The maximum absolute atomic E-state index is 2.54. The maximum Gasteiger partial charge on any atom is 0.0732 e. The van der Waals surface area contributed by atoms with Gasteiger partial charge in [-0.1, -0.05) is 237 Å². The van der Waals surface area contributed by atoms with Gasteiger partial charge in [-0.15, -0.1) is 0 Å². The Bertz CT molecular complexity index is 4070. The van der Waals surface area contributed by atoms with Crippen LogP contribution in [-0.4, -0.2) is 0 Å². The van der Waals surface area contributed by atoms with Gasteiger partial charge in [0, 0.05) is 17.1 Å². The highest BCUT2D eigenvalue weighted by Crippen LogP contribution is 2.65. The van der Waals surface area contributed by atoms with Gasteiger partial charge in [-0.3, -0.25) is 0 Å². The molecule has 0 N–H and O–H groups in total. The molecule has 0 heterocycles. The number of benzene rings is 12. The number of hydrogen-bond acceptors (Lipinski definition) is 1. The molecule has 0 aromatic heterocycles. The van der Waals surface area contributed by atoms with Crippen LogP contribution in [0.15, 0.2) is 273 Å². The van der Waals surface area contributed by atoms with Crippen LogP contribution in [0.2, 0.25) is 0 Å². The smallest absolute Gasteiger partial charge is 0.0732 e. The number of hydrogen-bond donors (Lipinski definition) is 0. The molecule has 1 atom stereocenters. The zero-order valence-corrected chi connectivity index (χ0v) is 38.9. The van der Waals surface area contributed by atoms with Gasteiger partial charge in [0.05, 0.1) is 10.8 Å². The normalized spacial score (nSPS) is 15.2. The second-order valence-electron chi connectivity index (χ2n) is 19.4. The zero-order chi connectivity index (χ0) is 46.7. The third kappa shape index (κ3) is 5.41. The highest BCUT2D eigenvalue weighted by atomic mass is 15.1. The van der Waals surface area contributed by atoms with E-state index in [1.54, 1.807) is 0 Å². The van der Waals surface area contributed by atoms with E-state index < -0.39 is 10.8 Å². The Morgan fingerprint density at radius 1 is 0.239 bits per heavy atom. The summed E-state index contributed by atoms with van der Waals surface area (Å²) in [5.74, 6) is 0. The number of rotatable bonds is 6. The average Bonchev–Trinajstić information content (AvgIpc) is 3.90. The molecule has 0 amide bonds. The van der Waals surface area contributed by atoms with Gasteiger partial charge in [-0.05, 0) is 147 Å². The van der Waals surface area contributed by atoms with Crippen molar-refractivity contribution in [2.75, 3.05) is 4.90 Å². The molecular formula is C70H45N. The lowest BCUT2D eigenvalue weighted by Gasteiger charge is -2.42. The van der Waals surface area contributed by atoms with Gasteiger partial charge < -0.3 is 4.90 Å². The molecule has 12 aromatic rings. The number of anilines is 3. The van der Waals surface area contributed by atoms with Gasteiger partial charge in [0.1, 0.15) is 0 Å². The minimum atomic E-state index is -0.656. The second-order valence-corrected chi connectivity index (χ2v) is 19.4. The van der Waals surface area contributed by atoms with E-state index in [0.29, 0.717) is 0 Å². The monoisotopic (exact) mass is 899 g/mol. The average molecular weight is 900 g/mol. The number of para-hydroxylation sites is 1. The lowest BCUT2D eigenvalue weighted by Crippen LogP contribution is -2.32. The van der Waals surface area contributed by atoms with E-state index in [0.717, 1.165) is 17.1 Å². The van der Waals surface area contributed by atoms with Crippen molar-refractivity contribution in [1.82, 2.24) is 0 Å². The molecule has 330 valence electrons. The first kappa shape index (κ1) is 39.9. The first-order valence-electron chi connectivity index (χ1n) is 24.8. The summed E-state index contributed by atoms with van der Waals surface area (Å²) in [6.45, 7) is 0. The van der Waals surface area contributed by atoms with E-state index in [2.05, 4.69) is 278 Å². The molecule has 1 heteroatoms. The number of nitrogens with zero attached hydrogens (tertiary/aromatic N) is 1. The van der Waals surface area contributed by atoms with Gasteiger partial charge in [-0.25, -0.2) is 0 Å². The van der Waals surface area contributed by atoms with Crippen molar-refractivity contribution in [1.29, 1.82) is 0 Å². The highest BCUT2D eigenvalue weighted by molar-refractivity contribution is 6.12. The molecule has 1 spiro atoms. The van der Waals surface area contributed by atoms with E-state index in [4.69, 9.17) is 0 Å². The Hall–Kier alpha value is -9.04. The van der Waals surface area contributed by atoms with Crippen molar-refractivity contribution in [3.05, 3.63) is 317 Å². The van der Waals surface area contributed by atoms with Crippen LogP contribution in [0, 0.1) is 0 Å². The van der Waals surface area contributed by atoms with Crippen LogP contribution >= 0.6 is 0 Å². The summed E-state index contributed by atoms with van der Waals surface area (Å²) in [5.41, 5.74) is 22.7. The highest BCUT2D eigenvalue weighted by Gasteiger charge is 2.52. The standard InChI is InChI=1S/C70H45N/c1-4-23-48(24-5-1)69(49-25-6-2-7-26-49)62-35-15-12-30-55(62)58-42-39-51(44-65(58)69)71(50-27-8-3-9-28-50)52-40-43-59-56-31-13-16-36-63(56)70(66(59)45-52)64-37-17-14-32-57(64)60-34-19-22-47-38-41-61(68(70)67(47)60)54-33-18-21-46-20-10-11-29-53(46)54/h1-45H. The summed E-state index contributed by atoms with van der Waals surface area (Å²) in [6.07, 6.45) is 0. The Morgan fingerprint density at radius 2 is 0.662 bits per heavy atom. The van der Waals surface area contributed by atoms with Gasteiger partial charge in [0.2, 0.25) is 0 Å². The van der Waals surface area contributed by atoms with Crippen molar-refractivity contribution < 1.29 is 0 Å². The minimum Gasteiger partial charge on any atom is -0.310 e. The summed E-state index contributed by atoms with van der Waals surface area (Å²) < 4.78 is 0. The molecule has 15 rings (SSSR count). The van der Waals surface area contributed by atoms with E-state index in [1.165, 1.54) is 111 Å². The van der Waals surface area contributed by atoms with Crippen molar-refractivity contribution in [2.45, 2.75) is 10.8 Å². The molecule has 0 fully saturated rings. The van der Waals surface area contributed by atoms with Crippen LogP contribution in [0.5, 0.6) is 0 Å². The molecule has 0 saturated carbocycles. The van der Waals surface area contributed by atoms with Crippen LogP contribution in [0.3, 0.4) is 0 Å². The predicted octanol–water partition coefficient (Wildman–Crippen LogP) is 17.8. The molecule has 3 aliphatic rings. The Morgan fingerprint density at radius 3 is 1.28 bits per heavy atom. The van der Waals surface area contributed by atoms with Gasteiger partial charge >= 0.3 is 0 Å². The van der Waals surface area contributed by atoms with Crippen LogP contribution in [-0.2, 0) is 10.8 Å². The van der Waals surface area contributed by atoms with Crippen molar-refractivity contribution in [3.63, 3.8) is 0 Å². The molecule has 1 unspecified atom stereocenters. The van der Waals surface area contributed by atoms with Crippen LogP contribution in [0.25, 0.3) is 66.1 Å². The van der Waals surface area contributed by atoms with E-state index >= 15 is 0 Å². The van der Waals surface area contributed by atoms with Crippen molar-refractivity contribution in [3.8, 4) is 44.5 Å². The maximum atomic E-state index is 2.54. The zero-order valence-electron chi connectivity index (χ0n) is 38.9. The van der Waals surface area contributed by atoms with Crippen molar-refractivity contribution in [2.24, 2.45) is 0 Å². The van der Waals surface area contributed by atoms with Crippen LogP contribution in [0.4, 0.5) is 17.1 Å². The third-order valence-corrected chi connectivity index (χ3v) is 16.1. The molecule has 71 heavy (non-hydrogen) atoms. The number of fused-ring (bicyclic) bond motifs is 13.